The van der Waals surface area contributed by atoms with Crippen LogP contribution in [-0.4, -0.2) is 29.0 Å². The summed E-state index contributed by atoms with van der Waals surface area (Å²) in [5.41, 5.74) is 2.28. The number of rotatable bonds is 5. The van der Waals surface area contributed by atoms with Crippen LogP contribution in [0.1, 0.15) is 39.6 Å². The Morgan fingerprint density at radius 2 is 2.21 bits per heavy atom. The molecule has 3 nitrogen and oxygen atoms in total. The molecular formula is C10H21NO2S. The third kappa shape index (κ3) is 8.38. The van der Waals surface area contributed by atoms with E-state index in [-0.39, 0.29) is 6.42 Å². The van der Waals surface area contributed by atoms with Gasteiger partial charge in [0.25, 0.3) is 0 Å². The Balaban J connectivity index is 4.36. The molecule has 1 unspecified atom stereocenters. The fourth-order valence-corrected chi connectivity index (χ4v) is 1.28. The number of nitrogens with two attached hydrogens (primary N) is 1. The fraction of sp³-hybridized carbons (Fsp3) is 0.900. The highest BCUT2D eigenvalue weighted by molar-refractivity contribution is 7.99. The van der Waals surface area contributed by atoms with Crippen LogP contribution in [0.15, 0.2) is 0 Å². The second-order valence-electron chi connectivity index (χ2n) is 3.97. The Morgan fingerprint density at radius 3 is 2.64 bits per heavy atom. The van der Waals surface area contributed by atoms with Crippen LogP contribution in [0.25, 0.3) is 0 Å². The molecule has 0 bridgehead atoms. The van der Waals surface area contributed by atoms with Crippen molar-refractivity contribution in [2.24, 2.45) is 5.73 Å². The lowest BCUT2D eigenvalue weighted by Crippen LogP contribution is -2.25. The van der Waals surface area contributed by atoms with E-state index in [9.17, 15) is 4.79 Å². The number of ether oxygens (including phenoxy) is 1. The summed E-state index contributed by atoms with van der Waals surface area (Å²) < 4.78 is 34.5. The summed E-state index contributed by atoms with van der Waals surface area (Å²) in [6.07, 6.45) is 0.0114. The van der Waals surface area contributed by atoms with Crippen LogP contribution in [0, 0.1) is 0 Å². The maximum absolute atomic E-state index is 11.5. The highest BCUT2D eigenvalue weighted by Crippen LogP contribution is 2.16. The van der Waals surface area contributed by atoms with Crippen molar-refractivity contribution in [3.63, 3.8) is 0 Å². The summed E-state index contributed by atoms with van der Waals surface area (Å²) in [5, 5.41) is -0.423. The topological polar surface area (TPSA) is 52.3 Å². The molecule has 84 valence electrons. The lowest BCUT2D eigenvalue weighted by molar-refractivity contribution is -0.154. The number of carbonyl (C=O) groups is 1. The molecule has 2 N–H and O–H groups in total. The lowest BCUT2D eigenvalue weighted by Gasteiger charge is -2.20. The fourth-order valence-electron chi connectivity index (χ4n) is 0.794. The number of hydrogen-bond acceptors (Lipinski definition) is 4. The molecule has 14 heavy (non-hydrogen) atoms. The van der Waals surface area contributed by atoms with E-state index in [4.69, 9.17) is 16.0 Å². The summed E-state index contributed by atoms with van der Waals surface area (Å²) >= 11 is 0.696. The van der Waals surface area contributed by atoms with Gasteiger partial charge in [0.1, 0.15) is 5.60 Å². The van der Waals surface area contributed by atoms with Crippen LogP contribution in [0.4, 0.5) is 0 Å². The third-order valence-corrected chi connectivity index (χ3v) is 2.00. The van der Waals surface area contributed by atoms with Crippen molar-refractivity contribution in [3.8, 4) is 0 Å². The Kier molecular flexibility index (Phi) is 3.60. The first-order chi connectivity index (χ1) is 7.74. The van der Waals surface area contributed by atoms with Gasteiger partial charge in [0, 0.05) is 22.9 Å². The van der Waals surface area contributed by atoms with Crippen LogP contribution >= 0.6 is 11.8 Å². The molecule has 0 aromatic carbocycles. The summed E-state index contributed by atoms with van der Waals surface area (Å²) in [7, 11) is 0. The second kappa shape index (κ2) is 6.30. The molecule has 1 atom stereocenters. The molecule has 0 aromatic rings. The average Bonchev–Trinajstić information content (AvgIpc) is 1.94. The van der Waals surface area contributed by atoms with Gasteiger partial charge < -0.3 is 10.5 Å². The predicted octanol–water partition coefficient (Wildman–Crippen LogP) is 1.80. The van der Waals surface area contributed by atoms with E-state index in [2.05, 4.69) is 0 Å². The van der Waals surface area contributed by atoms with Crippen LogP contribution in [0.2, 0.25) is 0 Å². The first-order valence-electron chi connectivity index (χ1n) is 6.43. The SMILES string of the molecule is [2H]C([2H])(N)C([2H])([2H])SC(C)CC(=O)OC(C)(C)C. The molecule has 0 rings (SSSR count). The van der Waals surface area contributed by atoms with Gasteiger partial charge in [-0.05, 0) is 20.8 Å². The van der Waals surface area contributed by atoms with Crippen molar-refractivity contribution < 1.29 is 15.0 Å². The van der Waals surface area contributed by atoms with Crippen LogP contribution in [-0.2, 0) is 9.53 Å². The third-order valence-electron chi connectivity index (χ3n) is 1.19. The van der Waals surface area contributed by atoms with Gasteiger partial charge in [-0.1, -0.05) is 6.92 Å². The van der Waals surface area contributed by atoms with Gasteiger partial charge in [0.05, 0.1) is 6.42 Å². The van der Waals surface area contributed by atoms with Gasteiger partial charge in [-0.15, -0.1) is 0 Å². The molecule has 0 fully saturated rings. The second-order valence-corrected chi connectivity index (χ2v) is 5.21. The highest BCUT2D eigenvalue weighted by Gasteiger charge is 2.18. The molecule has 0 radical (unpaired) electrons. The maximum atomic E-state index is 11.5. The summed E-state index contributed by atoms with van der Waals surface area (Å²) in [6.45, 7) is 4.43. The molecule has 0 heterocycles. The zero-order valence-electron chi connectivity index (χ0n) is 13.1. The van der Waals surface area contributed by atoms with Crippen LogP contribution in [0.5, 0.6) is 0 Å². The normalized spacial score (nSPS) is 20.1. The average molecular weight is 223 g/mol. The quantitative estimate of drug-likeness (QED) is 0.722. The van der Waals surface area contributed by atoms with E-state index >= 15 is 0 Å². The number of thioether (sulfide) groups is 1. The molecule has 0 aliphatic rings. The summed E-state index contributed by atoms with van der Waals surface area (Å²) in [6, 6.07) is 0. The first kappa shape index (κ1) is 7.99. The number of hydrogen-bond donors (Lipinski definition) is 1. The molecule has 0 amide bonds. The molecule has 0 saturated heterocycles. The minimum absolute atomic E-state index is 0.0114. The number of carbonyl (C=O) groups excluding carboxylic acids is 1. The lowest BCUT2D eigenvalue weighted by atomic mass is 10.2. The Labute approximate surface area is 96.4 Å². The first-order valence-corrected chi connectivity index (χ1v) is 5.31. The molecule has 0 saturated carbocycles. The van der Waals surface area contributed by atoms with Crippen molar-refractivity contribution in [1.82, 2.24) is 0 Å². The van der Waals surface area contributed by atoms with Crippen LogP contribution < -0.4 is 5.73 Å². The van der Waals surface area contributed by atoms with Gasteiger partial charge in [-0.3, -0.25) is 4.79 Å². The molecule has 4 heteroatoms. The molecule has 0 aromatic heterocycles. The van der Waals surface area contributed by atoms with Gasteiger partial charge in [-0.25, -0.2) is 0 Å². The smallest absolute Gasteiger partial charge is 0.307 e. The van der Waals surface area contributed by atoms with E-state index in [1.807, 2.05) is 0 Å². The zero-order valence-corrected chi connectivity index (χ0v) is 9.90. The zero-order chi connectivity index (χ0) is 14.8. The Morgan fingerprint density at radius 1 is 1.64 bits per heavy atom. The standard InChI is InChI=1S/C10H21NO2S/c1-8(14-6-5-11)7-9(12)13-10(2,3)4/h8H,5-7,11H2,1-4H3/i5D2,6D2. The Bertz CT molecular complexity index is 299. The van der Waals surface area contributed by atoms with Crippen molar-refractivity contribution >= 4 is 17.7 Å². The van der Waals surface area contributed by atoms with Crippen molar-refractivity contribution in [2.75, 3.05) is 12.2 Å². The largest absolute Gasteiger partial charge is 0.460 e. The molecule has 0 aliphatic heterocycles. The van der Waals surface area contributed by atoms with Gasteiger partial charge in [0.2, 0.25) is 0 Å². The monoisotopic (exact) mass is 223 g/mol. The van der Waals surface area contributed by atoms with Crippen molar-refractivity contribution in [2.45, 2.75) is 45.0 Å². The van der Waals surface area contributed by atoms with E-state index in [1.54, 1.807) is 27.7 Å². The summed E-state index contributed by atoms with van der Waals surface area (Å²) in [4.78, 5) is 11.5. The minimum atomic E-state index is -2.46. The minimum Gasteiger partial charge on any atom is -0.460 e. The van der Waals surface area contributed by atoms with Crippen LogP contribution in [0.3, 0.4) is 0 Å². The summed E-state index contributed by atoms with van der Waals surface area (Å²) in [5.74, 6) is -0.434. The highest BCUT2D eigenvalue weighted by atomic mass is 32.2. The van der Waals surface area contributed by atoms with Gasteiger partial charge >= 0.3 is 5.97 Å². The van der Waals surface area contributed by atoms with E-state index in [0.717, 1.165) is 0 Å². The molecular weight excluding hydrogens is 198 g/mol. The van der Waals surface area contributed by atoms with Gasteiger partial charge in [0.15, 0.2) is 0 Å². The molecule has 0 aliphatic carbocycles. The van der Waals surface area contributed by atoms with E-state index in [0.29, 0.717) is 11.8 Å². The van der Waals surface area contributed by atoms with Crippen molar-refractivity contribution in [3.05, 3.63) is 0 Å². The molecule has 0 spiro atoms. The number of esters is 1. The van der Waals surface area contributed by atoms with Gasteiger partial charge in [-0.2, -0.15) is 11.8 Å². The van der Waals surface area contributed by atoms with Crippen molar-refractivity contribution in [1.29, 1.82) is 0 Å². The predicted molar refractivity (Wildman–Crippen MR) is 61.4 cm³/mol. The maximum Gasteiger partial charge on any atom is 0.307 e. The van der Waals surface area contributed by atoms with E-state index < -0.39 is 29.0 Å². The van der Waals surface area contributed by atoms with E-state index in [1.165, 1.54) is 0 Å². The Hall–Kier alpha value is -0.220.